The molecule has 0 saturated heterocycles. The van der Waals surface area contributed by atoms with E-state index in [1.807, 2.05) is 18.0 Å². The van der Waals surface area contributed by atoms with Crippen molar-refractivity contribution in [2.45, 2.75) is 49.9 Å². The van der Waals surface area contributed by atoms with Crippen LogP contribution in [0, 0.1) is 0 Å². The summed E-state index contributed by atoms with van der Waals surface area (Å²) in [5.41, 5.74) is 0. The highest BCUT2D eigenvalue weighted by atomic mass is 32.2. The Bertz CT molecular complexity index is 292. The maximum atomic E-state index is 4.36. The van der Waals surface area contributed by atoms with E-state index in [0.29, 0.717) is 12.1 Å². The second-order valence-corrected chi connectivity index (χ2v) is 6.53. The van der Waals surface area contributed by atoms with Crippen molar-refractivity contribution in [3.63, 3.8) is 0 Å². The molecule has 1 aromatic heterocycles. The Morgan fingerprint density at radius 3 is 2.75 bits per heavy atom. The maximum absolute atomic E-state index is 4.36. The number of nitrogens with zero attached hydrogens (tertiary/aromatic N) is 1. The topological polar surface area (TPSA) is 24.9 Å². The number of nitrogens with one attached hydrogen (secondary N) is 1. The molecule has 1 aromatic rings. The fourth-order valence-corrected chi connectivity index (χ4v) is 3.74. The molecule has 1 fully saturated rings. The number of rotatable bonds is 4. The van der Waals surface area contributed by atoms with E-state index in [0.717, 1.165) is 5.25 Å². The van der Waals surface area contributed by atoms with E-state index in [2.05, 4.69) is 28.9 Å². The zero-order chi connectivity index (χ0) is 11.4. The standard InChI is InChI=1S/C12H20N2S2/c1-9(12-13-7-8-16-12)14-10-3-5-11(15-2)6-4-10/h7-11,14H,3-6H2,1-2H3. The molecule has 0 amide bonds. The minimum absolute atomic E-state index is 0.413. The van der Waals surface area contributed by atoms with Gasteiger partial charge in [0.25, 0.3) is 0 Å². The van der Waals surface area contributed by atoms with Crippen LogP contribution in [0.4, 0.5) is 0 Å². The largest absolute Gasteiger partial charge is 0.305 e. The molecule has 0 radical (unpaired) electrons. The fourth-order valence-electron chi connectivity index (χ4n) is 2.34. The molecule has 2 rings (SSSR count). The summed E-state index contributed by atoms with van der Waals surface area (Å²) in [6.07, 6.45) is 9.49. The number of thioether (sulfide) groups is 1. The van der Waals surface area contributed by atoms with Gasteiger partial charge < -0.3 is 5.32 Å². The van der Waals surface area contributed by atoms with Crippen molar-refractivity contribution >= 4 is 23.1 Å². The zero-order valence-corrected chi connectivity index (χ0v) is 11.6. The van der Waals surface area contributed by atoms with Crippen molar-refractivity contribution in [2.24, 2.45) is 0 Å². The van der Waals surface area contributed by atoms with Gasteiger partial charge in [-0.3, -0.25) is 0 Å². The van der Waals surface area contributed by atoms with Crippen LogP contribution in [-0.2, 0) is 0 Å². The summed E-state index contributed by atoms with van der Waals surface area (Å²) in [5.74, 6) is 0. The summed E-state index contributed by atoms with van der Waals surface area (Å²) >= 11 is 3.77. The SMILES string of the molecule is CSC1CCC(NC(C)c2nccs2)CC1. The number of hydrogen-bond acceptors (Lipinski definition) is 4. The summed E-state index contributed by atoms with van der Waals surface area (Å²) in [6, 6.07) is 1.11. The van der Waals surface area contributed by atoms with Gasteiger partial charge in [0.2, 0.25) is 0 Å². The first-order chi connectivity index (χ1) is 7.79. The Balaban J connectivity index is 1.78. The normalized spacial score (nSPS) is 27.9. The summed E-state index contributed by atoms with van der Waals surface area (Å²) in [4.78, 5) is 4.36. The predicted octanol–water partition coefficient (Wildman–Crippen LogP) is 3.47. The molecule has 1 aliphatic carbocycles. The van der Waals surface area contributed by atoms with E-state index in [1.165, 1.54) is 30.7 Å². The van der Waals surface area contributed by atoms with Gasteiger partial charge in [0.05, 0.1) is 6.04 Å². The van der Waals surface area contributed by atoms with E-state index in [-0.39, 0.29) is 0 Å². The summed E-state index contributed by atoms with van der Waals surface area (Å²) in [5, 5.41) is 7.87. The molecule has 1 saturated carbocycles. The van der Waals surface area contributed by atoms with Gasteiger partial charge in [0, 0.05) is 22.9 Å². The van der Waals surface area contributed by atoms with Crippen LogP contribution in [-0.4, -0.2) is 22.5 Å². The Kier molecular flexibility index (Phi) is 4.67. The Morgan fingerprint density at radius 2 is 2.19 bits per heavy atom. The highest BCUT2D eigenvalue weighted by molar-refractivity contribution is 7.99. The molecule has 0 aromatic carbocycles. The smallest absolute Gasteiger partial charge is 0.109 e. The molecule has 2 nitrogen and oxygen atoms in total. The second-order valence-electron chi connectivity index (χ2n) is 4.47. The third kappa shape index (κ3) is 3.22. The van der Waals surface area contributed by atoms with Gasteiger partial charge in [-0.2, -0.15) is 11.8 Å². The van der Waals surface area contributed by atoms with Gasteiger partial charge in [-0.15, -0.1) is 11.3 Å². The van der Waals surface area contributed by atoms with Crippen molar-refractivity contribution in [1.82, 2.24) is 10.3 Å². The molecule has 1 aliphatic rings. The van der Waals surface area contributed by atoms with Crippen molar-refractivity contribution in [1.29, 1.82) is 0 Å². The van der Waals surface area contributed by atoms with Crippen LogP contribution in [0.3, 0.4) is 0 Å². The first-order valence-electron chi connectivity index (χ1n) is 5.98. The minimum Gasteiger partial charge on any atom is -0.305 e. The molecular weight excluding hydrogens is 236 g/mol. The van der Waals surface area contributed by atoms with E-state index in [1.54, 1.807) is 11.3 Å². The molecule has 1 heterocycles. The van der Waals surface area contributed by atoms with E-state index in [9.17, 15) is 0 Å². The molecule has 0 bridgehead atoms. The highest BCUT2D eigenvalue weighted by Crippen LogP contribution is 2.28. The zero-order valence-electron chi connectivity index (χ0n) is 9.98. The number of hydrogen-bond donors (Lipinski definition) is 1. The van der Waals surface area contributed by atoms with Crippen molar-refractivity contribution in [2.75, 3.05) is 6.26 Å². The van der Waals surface area contributed by atoms with Crippen molar-refractivity contribution < 1.29 is 0 Å². The first-order valence-corrected chi connectivity index (χ1v) is 8.14. The molecule has 0 aliphatic heterocycles. The summed E-state index contributed by atoms with van der Waals surface area (Å²) < 4.78 is 0. The molecule has 90 valence electrons. The Hall–Kier alpha value is -0.0600. The second kappa shape index (κ2) is 6.03. The predicted molar refractivity (Wildman–Crippen MR) is 73.2 cm³/mol. The molecule has 16 heavy (non-hydrogen) atoms. The van der Waals surface area contributed by atoms with Crippen LogP contribution in [0.5, 0.6) is 0 Å². The van der Waals surface area contributed by atoms with Crippen LogP contribution in [0.25, 0.3) is 0 Å². The van der Waals surface area contributed by atoms with Crippen LogP contribution < -0.4 is 5.32 Å². The van der Waals surface area contributed by atoms with Crippen LogP contribution in [0.2, 0.25) is 0 Å². The van der Waals surface area contributed by atoms with Crippen molar-refractivity contribution in [3.8, 4) is 0 Å². The Morgan fingerprint density at radius 1 is 1.44 bits per heavy atom. The van der Waals surface area contributed by atoms with Crippen LogP contribution in [0.15, 0.2) is 11.6 Å². The van der Waals surface area contributed by atoms with Gasteiger partial charge in [-0.1, -0.05) is 0 Å². The van der Waals surface area contributed by atoms with Gasteiger partial charge in [-0.05, 0) is 38.9 Å². The maximum Gasteiger partial charge on any atom is 0.109 e. The van der Waals surface area contributed by atoms with Gasteiger partial charge in [-0.25, -0.2) is 4.98 Å². The van der Waals surface area contributed by atoms with Crippen molar-refractivity contribution in [3.05, 3.63) is 16.6 Å². The number of aromatic nitrogens is 1. The summed E-state index contributed by atoms with van der Waals surface area (Å²) in [7, 11) is 0. The lowest BCUT2D eigenvalue weighted by Gasteiger charge is -2.29. The van der Waals surface area contributed by atoms with E-state index >= 15 is 0 Å². The van der Waals surface area contributed by atoms with Gasteiger partial charge >= 0.3 is 0 Å². The first kappa shape index (κ1) is 12.4. The van der Waals surface area contributed by atoms with E-state index < -0.39 is 0 Å². The molecule has 1 atom stereocenters. The van der Waals surface area contributed by atoms with Crippen LogP contribution in [0.1, 0.15) is 43.7 Å². The molecule has 4 heteroatoms. The lowest BCUT2D eigenvalue weighted by atomic mass is 9.94. The minimum atomic E-state index is 0.413. The molecular formula is C12H20N2S2. The van der Waals surface area contributed by atoms with Crippen LogP contribution >= 0.6 is 23.1 Å². The highest BCUT2D eigenvalue weighted by Gasteiger charge is 2.22. The molecule has 1 N–H and O–H groups in total. The lowest BCUT2D eigenvalue weighted by Crippen LogP contribution is -2.35. The monoisotopic (exact) mass is 256 g/mol. The number of thiazole rings is 1. The average molecular weight is 256 g/mol. The fraction of sp³-hybridized carbons (Fsp3) is 0.750. The molecule has 0 spiro atoms. The third-order valence-corrected chi connectivity index (χ3v) is 5.41. The third-order valence-electron chi connectivity index (χ3n) is 3.32. The van der Waals surface area contributed by atoms with Gasteiger partial charge in [0.1, 0.15) is 5.01 Å². The average Bonchev–Trinajstić information content (AvgIpc) is 2.83. The van der Waals surface area contributed by atoms with E-state index in [4.69, 9.17) is 0 Å². The Labute approximate surface area is 106 Å². The quantitative estimate of drug-likeness (QED) is 0.893. The molecule has 1 unspecified atom stereocenters. The lowest BCUT2D eigenvalue weighted by molar-refractivity contribution is 0.352. The van der Waals surface area contributed by atoms with Gasteiger partial charge in [0.15, 0.2) is 0 Å². The summed E-state index contributed by atoms with van der Waals surface area (Å²) in [6.45, 7) is 2.22.